The van der Waals surface area contributed by atoms with Crippen molar-refractivity contribution in [3.8, 4) is 22.9 Å². The standard InChI is InChI=1S/C26H20Br2F3N3O3/c1-3-36-20-13-16(21(27)22(28)23(20)37-4-2)14-32-34-24(15-8-7-9-17(12-15)26(29,30)31)33-19-11-6-5-10-18(19)25(34)35/h5-14H,3-4H2,1-2H3. The van der Waals surface area contributed by atoms with Gasteiger partial charge >= 0.3 is 6.18 Å². The second kappa shape index (κ2) is 11.1. The Morgan fingerprint density at radius 3 is 2.43 bits per heavy atom. The van der Waals surface area contributed by atoms with Gasteiger partial charge < -0.3 is 9.47 Å². The van der Waals surface area contributed by atoms with E-state index in [-0.39, 0.29) is 16.8 Å². The van der Waals surface area contributed by atoms with Gasteiger partial charge in [0.05, 0.1) is 40.4 Å². The molecule has 6 nitrogen and oxygen atoms in total. The summed E-state index contributed by atoms with van der Waals surface area (Å²) in [4.78, 5) is 17.9. The number of ether oxygens (including phenoxy) is 2. The van der Waals surface area contributed by atoms with Crippen LogP contribution in [0.4, 0.5) is 13.2 Å². The number of hydrogen-bond acceptors (Lipinski definition) is 5. The van der Waals surface area contributed by atoms with Crippen LogP contribution in [0.25, 0.3) is 22.3 Å². The lowest BCUT2D eigenvalue weighted by atomic mass is 10.1. The second-order valence-electron chi connectivity index (χ2n) is 7.68. The van der Waals surface area contributed by atoms with Crippen LogP contribution in [-0.2, 0) is 6.18 Å². The predicted molar refractivity (Wildman–Crippen MR) is 144 cm³/mol. The third-order valence-corrected chi connectivity index (χ3v) is 7.40. The summed E-state index contributed by atoms with van der Waals surface area (Å²) < 4.78 is 53.8. The van der Waals surface area contributed by atoms with Gasteiger partial charge in [0.2, 0.25) is 0 Å². The van der Waals surface area contributed by atoms with Gasteiger partial charge in [-0.1, -0.05) is 24.3 Å². The first-order valence-corrected chi connectivity index (χ1v) is 12.8. The number of fused-ring (bicyclic) bond motifs is 1. The summed E-state index contributed by atoms with van der Waals surface area (Å²) in [5.74, 6) is 0.933. The minimum Gasteiger partial charge on any atom is -0.490 e. The lowest BCUT2D eigenvalue weighted by Gasteiger charge is -2.15. The third kappa shape index (κ3) is 5.57. The van der Waals surface area contributed by atoms with Crippen molar-refractivity contribution >= 4 is 49.0 Å². The molecule has 0 saturated heterocycles. The number of nitrogens with zero attached hydrogens (tertiary/aromatic N) is 3. The first kappa shape index (κ1) is 26.9. The Labute approximate surface area is 227 Å². The molecule has 0 aliphatic carbocycles. The van der Waals surface area contributed by atoms with E-state index in [9.17, 15) is 18.0 Å². The maximum atomic E-state index is 13.4. The van der Waals surface area contributed by atoms with E-state index in [1.54, 1.807) is 30.3 Å². The molecule has 0 bridgehead atoms. The van der Waals surface area contributed by atoms with Crippen molar-refractivity contribution in [3.63, 3.8) is 0 Å². The molecule has 0 N–H and O–H groups in total. The summed E-state index contributed by atoms with van der Waals surface area (Å²) >= 11 is 7.01. The van der Waals surface area contributed by atoms with Crippen molar-refractivity contribution in [1.82, 2.24) is 9.66 Å². The van der Waals surface area contributed by atoms with Gasteiger partial charge in [-0.2, -0.15) is 22.9 Å². The summed E-state index contributed by atoms with van der Waals surface area (Å²) in [6, 6.07) is 12.9. The zero-order valence-corrected chi connectivity index (χ0v) is 22.8. The van der Waals surface area contributed by atoms with Crippen LogP contribution in [-0.4, -0.2) is 29.1 Å². The molecule has 3 aromatic carbocycles. The number of rotatable bonds is 7. The quantitative estimate of drug-likeness (QED) is 0.200. The predicted octanol–water partition coefficient (Wildman–Crippen LogP) is 7.29. The van der Waals surface area contributed by atoms with Gasteiger partial charge in [-0.25, -0.2) is 4.98 Å². The van der Waals surface area contributed by atoms with Gasteiger partial charge in [0, 0.05) is 15.6 Å². The summed E-state index contributed by atoms with van der Waals surface area (Å²) in [5, 5.41) is 4.64. The minimum atomic E-state index is -4.56. The molecule has 0 aliphatic heterocycles. The average Bonchev–Trinajstić information content (AvgIpc) is 2.88. The number of aromatic nitrogens is 2. The SMILES string of the molecule is CCOc1cc(C=Nn2c(-c3cccc(C(F)(F)F)c3)nc3ccccc3c2=O)c(Br)c(Br)c1OCC. The summed E-state index contributed by atoms with van der Waals surface area (Å²) in [5.41, 5.74) is -0.413. The first-order chi connectivity index (χ1) is 17.7. The number of benzene rings is 3. The number of hydrogen-bond donors (Lipinski definition) is 0. The van der Waals surface area contributed by atoms with Crippen LogP contribution in [0.15, 0.2) is 73.4 Å². The van der Waals surface area contributed by atoms with Crippen LogP contribution in [0.5, 0.6) is 11.5 Å². The highest BCUT2D eigenvalue weighted by molar-refractivity contribution is 9.13. The Balaban J connectivity index is 1.93. The molecule has 0 fully saturated rings. The van der Waals surface area contributed by atoms with Gasteiger partial charge in [-0.05, 0) is 76.0 Å². The zero-order valence-electron chi connectivity index (χ0n) is 19.6. The van der Waals surface area contributed by atoms with Crippen molar-refractivity contribution in [2.75, 3.05) is 13.2 Å². The van der Waals surface area contributed by atoms with Crippen LogP contribution in [0, 0.1) is 0 Å². The van der Waals surface area contributed by atoms with E-state index in [4.69, 9.17) is 9.47 Å². The smallest absolute Gasteiger partial charge is 0.416 e. The van der Waals surface area contributed by atoms with Gasteiger partial charge in [0.15, 0.2) is 17.3 Å². The summed E-state index contributed by atoms with van der Waals surface area (Å²) in [7, 11) is 0. The van der Waals surface area contributed by atoms with Gasteiger partial charge in [-0.3, -0.25) is 4.79 Å². The van der Waals surface area contributed by atoms with Crippen molar-refractivity contribution < 1.29 is 22.6 Å². The molecule has 0 unspecified atom stereocenters. The number of alkyl halides is 3. The van der Waals surface area contributed by atoms with Gasteiger partial charge in [0.25, 0.3) is 5.56 Å². The molecule has 0 spiro atoms. The molecule has 37 heavy (non-hydrogen) atoms. The lowest BCUT2D eigenvalue weighted by Crippen LogP contribution is -2.20. The molecular formula is C26H20Br2F3N3O3. The van der Waals surface area contributed by atoms with Crippen molar-refractivity contribution in [2.24, 2.45) is 5.10 Å². The number of halogens is 5. The highest BCUT2D eigenvalue weighted by Crippen LogP contribution is 2.42. The first-order valence-electron chi connectivity index (χ1n) is 11.2. The van der Waals surface area contributed by atoms with Crippen LogP contribution in [0.3, 0.4) is 0 Å². The highest BCUT2D eigenvalue weighted by atomic mass is 79.9. The molecule has 0 atom stereocenters. The van der Waals surface area contributed by atoms with Gasteiger partial charge in [0.1, 0.15) is 0 Å². The van der Waals surface area contributed by atoms with E-state index in [0.29, 0.717) is 44.7 Å². The lowest BCUT2D eigenvalue weighted by molar-refractivity contribution is -0.137. The van der Waals surface area contributed by atoms with Crippen molar-refractivity contribution in [3.05, 3.63) is 85.0 Å². The molecule has 11 heteroatoms. The molecule has 0 amide bonds. The Hall–Kier alpha value is -3.18. The normalized spacial score (nSPS) is 11.9. The Morgan fingerprint density at radius 1 is 1.00 bits per heavy atom. The maximum Gasteiger partial charge on any atom is 0.416 e. The molecule has 192 valence electrons. The molecule has 0 radical (unpaired) electrons. The monoisotopic (exact) mass is 637 g/mol. The van der Waals surface area contributed by atoms with Crippen LogP contribution >= 0.6 is 31.9 Å². The Bertz CT molecular complexity index is 1550. The molecular weight excluding hydrogens is 619 g/mol. The van der Waals surface area contributed by atoms with Crippen LogP contribution < -0.4 is 15.0 Å². The molecule has 0 aliphatic rings. The number of para-hydroxylation sites is 1. The molecule has 0 saturated carbocycles. The van der Waals surface area contributed by atoms with E-state index in [2.05, 4.69) is 41.9 Å². The van der Waals surface area contributed by atoms with E-state index in [0.717, 1.165) is 16.8 Å². The van der Waals surface area contributed by atoms with Crippen molar-refractivity contribution in [2.45, 2.75) is 20.0 Å². The highest BCUT2D eigenvalue weighted by Gasteiger charge is 2.31. The van der Waals surface area contributed by atoms with E-state index in [1.807, 2.05) is 13.8 Å². The molecule has 1 heterocycles. The Kier molecular flexibility index (Phi) is 8.03. The summed E-state index contributed by atoms with van der Waals surface area (Å²) in [6.45, 7) is 4.48. The van der Waals surface area contributed by atoms with Crippen LogP contribution in [0.1, 0.15) is 25.0 Å². The fourth-order valence-corrected chi connectivity index (χ4v) is 4.55. The fraction of sp³-hybridized carbons (Fsp3) is 0.192. The second-order valence-corrected chi connectivity index (χ2v) is 9.27. The minimum absolute atomic E-state index is 0.0304. The molecule has 1 aromatic heterocycles. The molecule has 4 rings (SSSR count). The summed E-state index contributed by atoms with van der Waals surface area (Å²) in [6.07, 6.45) is -3.15. The largest absolute Gasteiger partial charge is 0.490 e. The maximum absolute atomic E-state index is 13.4. The van der Waals surface area contributed by atoms with Crippen LogP contribution in [0.2, 0.25) is 0 Å². The topological polar surface area (TPSA) is 65.7 Å². The van der Waals surface area contributed by atoms with E-state index in [1.165, 1.54) is 18.3 Å². The average molecular weight is 639 g/mol. The molecule has 4 aromatic rings. The fourth-order valence-electron chi connectivity index (χ4n) is 3.61. The van der Waals surface area contributed by atoms with Gasteiger partial charge in [-0.15, -0.1) is 0 Å². The van der Waals surface area contributed by atoms with Crippen molar-refractivity contribution in [1.29, 1.82) is 0 Å². The third-order valence-electron chi connectivity index (χ3n) is 5.26. The van der Waals surface area contributed by atoms with E-state index < -0.39 is 17.3 Å². The zero-order chi connectivity index (χ0) is 26.7. The Morgan fingerprint density at radius 2 is 1.73 bits per heavy atom. The van der Waals surface area contributed by atoms with E-state index >= 15 is 0 Å².